The van der Waals surface area contributed by atoms with Crippen LogP contribution in [0.4, 0.5) is 0 Å². The Hall–Kier alpha value is -2.11. The van der Waals surface area contributed by atoms with Crippen LogP contribution < -0.4 is 0 Å². The van der Waals surface area contributed by atoms with E-state index in [1.54, 1.807) is 6.26 Å². The van der Waals surface area contributed by atoms with Crippen molar-refractivity contribution in [3.05, 3.63) is 24.2 Å². The first-order valence-electron chi connectivity index (χ1n) is 8.33. The fourth-order valence-corrected chi connectivity index (χ4v) is 3.41. The molecule has 3 amide bonds. The number of likely N-dealkylation sites (tertiary alicyclic amines) is 2. The Morgan fingerprint density at radius 2 is 1.96 bits per heavy atom. The highest BCUT2D eigenvalue weighted by atomic mass is 16.3. The Morgan fingerprint density at radius 3 is 2.65 bits per heavy atom. The van der Waals surface area contributed by atoms with Gasteiger partial charge >= 0.3 is 0 Å². The summed E-state index contributed by atoms with van der Waals surface area (Å²) in [6.45, 7) is 0.893. The topological polar surface area (TPSA) is 70.8 Å². The van der Waals surface area contributed by atoms with E-state index in [0.717, 1.165) is 31.4 Å². The van der Waals surface area contributed by atoms with Gasteiger partial charge in [-0.25, -0.2) is 0 Å². The fraction of sp³-hybridized carbons (Fsp3) is 0.588. The molecule has 1 aromatic rings. The molecule has 1 unspecified atom stereocenters. The van der Waals surface area contributed by atoms with E-state index in [-0.39, 0.29) is 49.6 Å². The zero-order valence-corrected chi connectivity index (χ0v) is 13.2. The highest BCUT2D eigenvalue weighted by Crippen LogP contribution is 2.31. The number of amides is 3. The molecule has 0 aliphatic carbocycles. The zero-order chi connectivity index (χ0) is 16.2. The third kappa shape index (κ3) is 3.46. The third-order valence-electron chi connectivity index (χ3n) is 4.65. The maximum absolute atomic E-state index is 12.7. The van der Waals surface area contributed by atoms with E-state index in [1.807, 2.05) is 17.0 Å². The molecule has 0 radical (unpaired) electrons. The molecule has 0 aromatic carbocycles. The summed E-state index contributed by atoms with van der Waals surface area (Å²) in [5.41, 5.74) is 0. The predicted octanol–water partition coefficient (Wildman–Crippen LogP) is 2.26. The Kier molecular flexibility index (Phi) is 4.79. The molecule has 6 nitrogen and oxygen atoms in total. The number of hydrogen-bond donors (Lipinski definition) is 0. The van der Waals surface area contributed by atoms with Gasteiger partial charge in [0.15, 0.2) is 0 Å². The fourth-order valence-electron chi connectivity index (χ4n) is 3.41. The summed E-state index contributed by atoms with van der Waals surface area (Å²) in [5, 5.41) is 0. The number of imide groups is 1. The molecule has 6 heteroatoms. The summed E-state index contributed by atoms with van der Waals surface area (Å²) in [6.07, 6.45) is 6.39. The van der Waals surface area contributed by atoms with Gasteiger partial charge < -0.3 is 9.32 Å². The van der Waals surface area contributed by atoms with Crippen molar-refractivity contribution in [3.8, 4) is 0 Å². The number of carbonyl (C=O) groups is 3. The van der Waals surface area contributed by atoms with Gasteiger partial charge in [-0.2, -0.15) is 0 Å². The van der Waals surface area contributed by atoms with Crippen LogP contribution in [0.5, 0.6) is 0 Å². The number of nitrogens with zero attached hydrogens (tertiary/aromatic N) is 2. The van der Waals surface area contributed by atoms with Crippen LogP contribution in [0, 0.1) is 0 Å². The molecule has 1 aromatic heterocycles. The summed E-state index contributed by atoms with van der Waals surface area (Å²) in [7, 11) is 0. The SMILES string of the molecule is O=C1CCC(=O)N1CCC(=O)N1CCCCCC1c1ccco1. The lowest BCUT2D eigenvalue weighted by atomic mass is 10.1. The lowest BCUT2D eigenvalue weighted by Gasteiger charge is -2.29. The molecule has 3 rings (SSSR count). The van der Waals surface area contributed by atoms with Crippen LogP contribution in [0.2, 0.25) is 0 Å². The minimum Gasteiger partial charge on any atom is -0.467 e. The standard InChI is InChI=1S/C17H22N2O4/c20-15-7-8-16(21)19(15)11-9-17(22)18-10-3-1-2-5-13(18)14-6-4-12-23-14/h4,6,12-13H,1-3,5,7-11H2. The van der Waals surface area contributed by atoms with Gasteiger partial charge in [-0.1, -0.05) is 12.8 Å². The largest absolute Gasteiger partial charge is 0.467 e. The first kappa shape index (κ1) is 15.8. The van der Waals surface area contributed by atoms with Gasteiger partial charge in [-0.05, 0) is 25.0 Å². The summed E-state index contributed by atoms with van der Waals surface area (Å²) in [4.78, 5) is 39.0. The van der Waals surface area contributed by atoms with Crippen LogP contribution >= 0.6 is 0 Å². The van der Waals surface area contributed by atoms with Crippen LogP contribution in [0.3, 0.4) is 0 Å². The molecule has 124 valence electrons. The van der Waals surface area contributed by atoms with E-state index in [2.05, 4.69) is 0 Å². The van der Waals surface area contributed by atoms with Crippen molar-refractivity contribution in [2.45, 2.75) is 51.0 Å². The van der Waals surface area contributed by atoms with Crippen molar-refractivity contribution in [1.29, 1.82) is 0 Å². The van der Waals surface area contributed by atoms with Crippen molar-refractivity contribution in [2.24, 2.45) is 0 Å². The predicted molar refractivity (Wildman–Crippen MR) is 82.2 cm³/mol. The molecule has 0 bridgehead atoms. The van der Waals surface area contributed by atoms with Crippen molar-refractivity contribution in [3.63, 3.8) is 0 Å². The molecule has 2 saturated heterocycles. The summed E-state index contributed by atoms with van der Waals surface area (Å²) < 4.78 is 5.51. The van der Waals surface area contributed by atoms with E-state index in [1.165, 1.54) is 4.90 Å². The molecule has 1 atom stereocenters. The van der Waals surface area contributed by atoms with Crippen LogP contribution in [0.15, 0.2) is 22.8 Å². The molecule has 2 aliphatic rings. The summed E-state index contributed by atoms with van der Waals surface area (Å²) in [5.74, 6) is 0.469. The molecule has 2 aliphatic heterocycles. The molecule has 23 heavy (non-hydrogen) atoms. The van der Waals surface area contributed by atoms with Crippen molar-refractivity contribution < 1.29 is 18.8 Å². The van der Waals surface area contributed by atoms with Gasteiger partial charge in [0, 0.05) is 32.4 Å². The zero-order valence-electron chi connectivity index (χ0n) is 13.2. The van der Waals surface area contributed by atoms with Gasteiger partial charge in [0.2, 0.25) is 17.7 Å². The molecule has 0 N–H and O–H groups in total. The number of rotatable bonds is 4. The first-order chi connectivity index (χ1) is 11.2. The smallest absolute Gasteiger partial charge is 0.229 e. The van der Waals surface area contributed by atoms with Gasteiger partial charge in [0.1, 0.15) is 5.76 Å². The highest BCUT2D eigenvalue weighted by Gasteiger charge is 2.32. The van der Waals surface area contributed by atoms with Crippen LogP contribution in [-0.4, -0.2) is 40.6 Å². The molecule has 0 spiro atoms. The van der Waals surface area contributed by atoms with Gasteiger partial charge in [-0.15, -0.1) is 0 Å². The third-order valence-corrected chi connectivity index (χ3v) is 4.65. The summed E-state index contributed by atoms with van der Waals surface area (Å²) in [6, 6.07) is 3.71. The molecule has 0 saturated carbocycles. The monoisotopic (exact) mass is 318 g/mol. The van der Waals surface area contributed by atoms with E-state index >= 15 is 0 Å². The second-order valence-corrected chi connectivity index (χ2v) is 6.16. The Labute approximate surface area is 135 Å². The molecular formula is C17H22N2O4. The lowest BCUT2D eigenvalue weighted by Crippen LogP contribution is -2.38. The van der Waals surface area contributed by atoms with Gasteiger partial charge in [-0.3, -0.25) is 19.3 Å². The molecular weight excluding hydrogens is 296 g/mol. The maximum Gasteiger partial charge on any atom is 0.229 e. The average Bonchev–Trinajstić information content (AvgIpc) is 3.10. The molecule has 3 heterocycles. The minimum absolute atomic E-state index is 0.0131. The van der Waals surface area contributed by atoms with Crippen molar-refractivity contribution >= 4 is 17.7 Å². The number of hydrogen-bond acceptors (Lipinski definition) is 4. The van der Waals surface area contributed by atoms with Gasteiger partial charge in [0.25, 0.3) is 0 Å². The maximum atomic E-state index is 12.7. The second-order valence-electron chi connectivity index (χ2n) is 6.16. The van der Waals surface area contributed by atoms with E-state index in [0.29, 0.717) is 6.54 Å². The highest BCUT2D eigenvalue weighted by molar-refractivity contribution is 6.02. The Bertz CT molecular complexity index is 565. The van der Waals surface area contributed by atoms with Crippen LogP contribution in [0.25, 0.3) is 0 Å². The van der Waals surface area contributed by atoms with E-state index in [4.69, 9.17) is 4.42 Å². The summed E-state index contributed by atoms with van der Waals surface area (Å²) >= 11 is 0. The second kappa shape index (κ2) is 6.98. The minimum atomic E-state index is -0.166. The first-order valence-corrected chi connectivity index (χ1v) is 8.33. The van der Waals surface area contributed by atoms with Crippen molar-refractivity contribution in [2.75, 3.05) is 13.1 Å². The number of furan rings is 1. The average molecular weight is 318 g/mol. The number of carbonyl (C=O) groups excluding carboxylic acids is 3. The van der Waals surface area contributed by atoms with Crippen molar-refractivity contribution in [1.82, 2.24) is 9.80 Å². The normalized spacial score (nSPS) is 22.5. The lowest BCUT2D eigenvalue weighted by molar-refractivity contribution is -0.140. The van der Waals surface area contributed by atoms with Crippen LogP contribution in [-0.2, 0) is 14.4 Å². The van der Waals surface area contributed by atoms with E-state index < -0.39 is 0 Å². The Balaban J connectivity index is 1.66. The quantitative estimate of drug-likeness (QED) is 0.798. The Morgan fingerprint density at radius 1 is 1.17 bits per heavy atom. The van der Waals surface area contributed by atoms with Crippen LogP contribution in [0.1, 0.15) is 56.7 Å². The van der Waals surface area contributed by atoms with Gasteiger partial charge in [0.05, 0.1) is 12.3 Å². The molecule has 2 fully saturated rings. The van der Waals surface area contributed by atoms with E-state index in [9.17, 15) is 14.4 Å².